The zero-order chi connectivity index (χ0) is 13.1. The van der Waals surface area contributed by atoms with E-state index in [9.17, 15) is 9.90 Å². The molecule has 5 heteroatoms. The number of hydrogen-bond acceptors (Lipinski definition) is 3. The smallest absolute Gasteiger partial charge is 0.231 e. The molecule has 0 saturated heterocycles. The standard InChI is InChI=1S/C12H17ClN2O2/c1-3-12(2,7-14)11(17)15-8-4-5-10(16)9(13)6-8/h4-6,16H,3,7,14H2,1-2H3,(H,15,17). The van der Waals surface area contributed by atoms with Crippen LogP contribution in [0.2, 0.25) is 5.02 Å². The molecule has 0 aliphatic heterocycles. The number of hydrogen-bond donors (Lipinski definition) is 3. The highest BCUT2D eigenvalue weighted by Crippen LogP contribution is 2.28. The van der Waals surface area contributed by atoms with Gasteiger partial charge in [0.25, 0.3) is 0 Å². The van der Waals surface area contributed by atoms with Crippen molar-refractivity contribution >= 4 is 23.2 Å². The van der Waals surface area contributed by atoms with Gasteiger partial charge in [0.2, 0.25) is 5.91 Å². The van der Waals surface area contributed by atoms with Crippen LogP contribution in [-0.4, -0.2) is 17.6 Å². The molecule has 94 valence electrons. The number of carbonyl (C=O) groups excluding carboxylic acids is 1. The summed E-state index contributed by atoms with van der Waals surface area (Å²) < 4.78 is 0. The van der Waals surface area contributed by atoms with Gasteiger partial charge in [-0.25, -0.2) is 0 Å². The number of carbonyl (C=O) groups is 1. The lowest BCUT2D eigenvalue weighted by Crippen LogP contribution is -2.39. The zero-order valence-corrected chi connectivity index (χ0v) is 10.7. The molecule has 1 atom stereocenters. The van der Waals surface area contributed by atoms with Gasteiger partial charge in [-0.15, -0.1) is 0 Å². The lowest BCUT2D eigenvalue weighted by Gasteiger charge is -2.25. The van der Waals surface area contributed by atoms with E-state index in [4.69, 9.17) is 17.3 Å². The minimum atomic E-state index is -0.593. The normalized spacial score (nSPS) is 14.1. The topological polar surface area (TPSA) is 75.4 Å². The summed E-state index contributed by atoms with van der Waals surface area (Å²) in [4.78, 5) is 12.0. The number of nitrogens with two attached hydrogens (primary N) is 1. The fourth-order valence-electron chi connectivity index (χ4n) is 1.26. The number of phenols is 1. The molecular weight excluding hydrogens is 240 g/mol. The van der Waals surface area contributed by atoms with E-state index in [-0.39, 0.29) is 23.2 Å². The number of benzene rings is 1. The van der Waals surface area contributed by atoms with E-state index in [0.717, 1.165) is 0 Å². The maximum atomic E-state index is 12.0. The molecule has 1 unspecified atom stereocenters. The number of aromatic hydroxyl groups is 1. The second-order valence-corrected chi connectivity index (χ2v) is 4.65. The molecule has 1 rings (SSSR count). The van der Waals surface area contributed by atoms with Crippen molar-refractivity contribution in [1.82, 2.24) is 0 Å². The molecule has 0 heterocycles. The van der Waals surface area contributed by atoms with Gasteiger partial charge in [0.05, 0.1) is 10.4 Å². The van der Waals surface area contributed by atoms with Crippen molar-refractivity contribution in [2.45, 2.75) is 20.3 Å². The van der Waals surface area contributed by atoms with Crippen LogP contribution in [0.25, 0.3) is 0 Å². The van der Waals surface area contributed by atoms with Gasteiger partial charge in [-0.2, -0.15) is 0 Å². The summed E-state index contributed by atoms with van der Waals surface area (Å²) >= 11 is 5.75. The maximum absolute atomic E-state index is 12.0. The van der Waals surface area contributed by atoms with Gasteiger partial charge >= 0.3 is 0 Å². The number of nitrogens with one attached hydrogen (secondary N) is 1. The molecule has 1 aromatic rings. The van der Waals surface area contributed by atoms with Crippen LogP contribution in [0.1, 0.15) is 20.3 Å². The molecule has 0 aliphatic carbocycles. The summed E-state index contributed by atoms with van der Waals surface area (Å²) in [6.07, 6.45) is 0.654. The van der Waals surface area contributed by atoms with Crippen LogP contribution >= 0.6 is 11.6 Å². The highest BCUT2D eigenvalue weighted by Gasteiger charge is 2.29. The number of amides is 1. The fourth-order valence-corrected chi connectivity index (χ4v) is 1.44. The number of anilines is 1. The van der Waals surface area contributed by atoms with Crippen molar-refractivity contribution in [3.63, 3.8) is 0 Å². The predicted octanol–water partition coefficient (Wildman–Crippen LogP) is 2.36. The Morgan fingerprint density at radius 1 is 1.59 bits per heavy atom. The molecular formula is C12H17ClN2O2. The van der Waals surface area contributed by atoms with Gasteiger partial charge in [-0.1, -0.05) is 18.5 Å². The second kappa shape index (κ2) is 5.38. The number of rotatable bonds is 4. The molecule has 4 N–H and O–H groups in total. The van der Waals surface area contributed by atoms with Gasteiger partial charge in [0.15, 0.2) is 0 Å². The summed E-state index contributed by atoms with van der Waals surface area (Å²) in [5.74, 6) is -0.161. The molecule has 0 saturated carbocycles. The third kappa shape index (κ3) is 3.11. The second-order valence-electron chi connectivity index (χ2n) is 4.24. The fraction of sp³-hybridized carbons (Fsp3) is 0.417. The molecule has 0 aliphatic rings. The van der Waals surface area contributed by atoms with E-state index in [1.54, 1.807) is 6.07 Å². The van der Waals surface area contributed by atoms with Crippen LogP contribution in [0, 0.1) is 5.41 Å². The minimum absolute atomic E-state index is 0.0123. The van der Waals surface area contributed by atoms with Crippen LogP contribution in [-0.2, 0) is 4.79 Å². The first-order valence-electron chi connectivity index (χ1n) is 5.43. The Kier molecular flexibility index (Phi) is 4.37. The third-order valence-corrected chi connectivity index (χ3v) is 3.29. The van der Waals surface area contributed by atoms with E-state index in [0.29, 0.717) is 12.1 Å². The lowest BCUT2D eigenvalue weighted by molar-refractivity contribution is -0.124. The molecule has 17 heavy (non-hydrogen) atoms. The van der Waals surface area contributed by atoms with E-state index < -0.39 is 5.41 Å². The van der Waals surface area contributed by atoms with Crippen molar-refractivity contribution in [3.05, 3.63) is 23.2 Å². The van der Waals surface area contributed by atoms with Gasteiger partial charge < -0.3 is 16.2 Å². The summed E-state index contributed by atoms with van der Waals surface area (Å²) in [5, 5.41) is 12.2. The highest BCUT2D eigenvalue weighted by molar-refractivity contribution is 6.32. The Hall–Kier alpha value is -1.26. The van der Waals surface area contributed by atoms with E-state index in [1.165, 1.54) is 12.1 Å². The Morgan fingerprint density at radius 3 is 2.71 bits per heavy atom. The van der Waals surface area contributed by atoms with Crippen LogP contribution in [0.4, 0.5) is 5.69 Å². The predicted molar refractivity (Wildman–Crippen MR) is 69.2 cm³/mol. The first-order chi connectivity index (χ1) is 7.92. The molecule has 0 aromatic heterocycles. The number of halogens is 1. The van der Waals surface area contributed by atoms with E-state index in [1.807, 2.05) is 13.8 Å². The Morgan fingerprint density at radius 2 is 2.24 bits per heavy atom. The summed E-state index contributed by atoms with van der Waals surface area (Å²) in [6, 6.07) is 4.52. The van der Waals surface area contributed by atoms with Gasteiger partial charge in [-0.3, -0.25) is 4.79 Å². The van der Waals surface area contributed by atoms with Crippen LogP contribution in [0.5, 0.6) is 5.75 Å². The SMILES string of the molecule is CCC(C)(CN)C(=O)Nc1ccc(O)c(Cl)c1. The van der Waals surface area contributed by atoms with Crippen LogP contribution in [0.3, 0.4) is 0 Å². The first kappa shape index (κ1) is 13.8. The van der Waals surface area contributed by atoms with E-state index in [2.05, 4.69) is 5.32 Å². The summed E-state index contributed by atoms with van der Waals surface area (Å²) in [7, 11) is 0. The molecule has 1 aromatic carbocycles. The Balaban J connectivity index is 2.84. The molecule has 4 nitrogen and oxygen atoms in total. The summed E-state index contributed by atoms with van der Waals surface area (Å²) in [6.45, 7) is 4.00. The van der Waals surface area contributed by atoms with Crippen molar-refractivity contribution in [2.24, 2.45) is 11.1 Å². The lowest BCUT2D eigenvalue weighted by atomic mass is 9.86. The molecule has 0 fully saturated rings. The quantitative estimate of drug-likeness (QED) is 0.724. The van der Waals surface area contributed by atoms with Crippen molar-refractivity contribution in [3.8, 4) is 5.75 Å². The van der Waals surface area contributed by atoms with Gasteiger partial charge in [0, 0.05) is 12.2 Å². The van der Waals surface area contributed by atoms with Crippen molar-refractivity contribution in [2.75, 3.05) is 11.9 Å². The largest absolute Gasteiger partial charge is 0.506 e. The third-order valence-electron chi connectivity index (χ3n) is 2.98. The maximum Gasteiger partial charge on any atom is 0.231 e. The average Bonchev–Trinajstić information content (AvgIpc) is 2.32. The Bertz CT molecular complexity index is 417. The first-order valence-corrected chi connectivity index (χ1v) is 5.81. The summed E-state index contributed by atoms with van der Waals surface area (Å²) in [5.41, 5.74) is 5.55. The Labute approximate surface area is 106 Å². The highest BCUT2D eigenvalue weighted by atomic mass is 35.5. The van der Waals surface area contributed by atoms with E-state index >= 15 is 0 Å². The molecule has 0 radical (unpaired) electrons. The molecule has 0 bridgehead atoms. The molecule has 1 amide bonds. The zero-order valence-electron chi connectivity index (χ0n) is 9.96. The van der Waals surface area contributed by atoms with Crippen LogP contribution in [0.15, 0.2) is 18.2 Å². The van der Waals surface area contributed by atoms with Crippen molar-refractivity contribution in [1.29, 1.82) is 0 Å². The average molecular weight is 257 g/mol. The van der Waals surface area contributed by atoms with Gasteiger partial charge in [-0.05, 0) is 31.5 Å². The van der Waals surface area contributed by atoms with Crippen molar-refractivity contribution < 1.29 is 9.90 Å². The van der Waals surface area contributed by atoms with Crippen LogP contribution < -0.4 is 11.1 Å². The minimum Gasteiger partial charge on any atom is -0.506 e. The number of phenolic OH excluding ortho intramolecular Hbond substituents is 1. The molecule has 0 spiro atoms. The monoisotopic (exact) mass is 256 g/mol. The van der Waals surface area contributed by atoms with Gasteiger partial charge in [0.1, 0.15) is 5.75 Å².